The third-order valence-corrected chi connectivity index (χ3v) is 5.44. The molecule has 7 heteroatoms. The molecule has 25 heavy (non-hydrogen) atoms. The number of hydrogen-bond acceptors (Lipinski definition) is 6. The quantitative estimate of drug-likeness (QED) is 0.913. The summed E-state index contributed by atoms with van der Waals surface area (Å²) in [6.45, 7) is 3.49. The van der Waals surface area contributed by atoms with Crippen molar-refractivity contribution in [3.8, 4) is 17.0 Å². The van der Waals surface area contributed by atoms with Gasteiger partial charge in [-0.25, -0.2) is 4.98 Å². The molecule has 132 valence electrons. The molecule has 0 spiro atoms. The molecule has 3 heterocycles. The highest BCUT2D eigenvalue weighted by Crippen LogP contribution is 2.36. The number of likely N-dealkylation sites (tertiary alicyclic amines) is 1. The van der Waals surface area contributed by atoms with Crippen LogP contribution in [0.25, 0.3) is 11.3 Å². The van der Waals surface area contributed by atoms with Crippen LogP contribution in [0, 0.1) is 0 Å². The number of ether oxygens (including phenoxy) is 1. The number of nitrogens with zero attached hydrogens (tertiary/aromatic N) is 3. The number of fused-ring (bicyclic) bond motifs is 1. The van der Waals surface area contributed by atoms with Crippen LogP contribution in [0.2, 0.25) is 0 Å². The van der Waals surface area contributed by atoms with E-state index in [2.05, 4.69) is 9.88 Å². The number of rotatable bonds is 3. The minimum atomic E-state index is 0.204. The molecule has 2 aliphatic rings. The maximum absolute atomic E-state index is 12.7. The van der Waals surface area contributed by atoms with Gasteiger partial charge in [0.1, 0.15) is 12.4 Å². The smallest absolute Gasteiger partial charge is 0.242 e. The second kappa shape index (κ2) is 6.92. The van der Waals surface area contributed by atoms with Gasteiger partial charge in [0.15, 0.2) is 5.13 Å². The molecule has 2 aliphatic heterocycles. The molecular weight excluding hydrogens is 336 g/mol. The van der Waals surface area contributed by atoms with Crippen LogP contribution in [0.4, 0.5) is 10.8 Å². The van der Waals surface area contributed by atoms with Gasteiger partial charge in [-0.1, -0.05) is 0 Å². The van der Waals surface area contributed by atoms with Crippen molar-refractivity contribution < 1.29 is 9.53 Å². The van der Waals surface area contributed by atoms with Crippen LogP contribution in [-0.2, 0) is 4.79 Å². The maximum Gasteiger partial charge on any atom is 0.242 e. The summed E-state index contributed by atoms with van der Waals surface area (Å²) >= 11 is 1.43. The van der Waals surface area contributed by atoms with Crippen LogP contribution in [0.1, 0.15) is 19.3 Å². The van der Waals surface area contributed by atoms with Crippen molar-refractivity contribution in [3.05, 3.63) is 23.6 Å². The lowest BCUT2D eigenvalue weighted by Crippen LogP contribution is -2.45. The second-order valence-corrected chi connectivity index (χ2v) is 7.35. The first kappa shape index (κ1) is 16.2. The van der Waals surface area contributed by atoms with Gasteiger partial charge < -0.3 is 20.3 Å². The van der Waals surface area contributed by atoms with Crippen LogP contribution in [0.15, 0.2) is 23.6 Å². The Kier molecular flexibility index (Phi) is 4.48. The lowest BCUT2D eigenvalue weighted by molar-refractivity contribution is -0.130. The van der Waals surface area contributed by atoms with Crippen molar-refractivity contribution in [2.75, 3.05) is 43.4 Å². The molecule has 1 fully saturated rings. The first-order valence-corrected chi connectivity index (χ1v) is 9.59. The Morgan fingerprint density at radius 1 is 1.24 bits per heavy atom. The predicted octanol–water partition coefficient (Wildman–Crippen LogP) is 2.60. The Hall–Kier alpha value is -2.28. The van der Waals surface area contributed by atoms with Crippen LogP contribution < -0.4 is 15.4 Å². The highest BCUT2D eigenvalue weighted by molar-refractivity contribution is 7.13. The second-order valence-electron chi connectivity index (χ2n) is 6.46. The van der Waals surface area contributed by atoms with Gasteiger partial charge in [0.25, 0.3) is 0 Å². The third-order valence-electron chi connectivity index (χ3n) is 4.77. The third kappa shape index (κ3) is 3.42. The van der Waals surface area contributed by atoms with Gasteiger partial charge in [-0.2, -0.15) is 0 Å². The van der Waals surface area contributed by atoms with Crippen LogP contribution in [-0.4, -0.2) is 48.6 Å². The standard InChI is InChI=1S/C18H22N4O2S/c19-18-20-14(12-25-18)13-4-5-16-15(10-13)22(8-9-24-16)11-17(23)21-6-2-1-3-7-21/h4-5,10,12H,1-3,6-9,11H2,(H2,19,20). The Balaban J connectivity index is 1.56. The van der Waals surface area contributed by atoms with Crippen molar-refractivity contribution in [2.24, 2.45) is 0 Å². The number of thiazole rings is 1. The van der Waals surface area contributed by atoms with Gasteiger partial charge in [0, 0.05) is 24.0 Å². The molecule has 1 aromatic carbocycles. The number of piperidine rings is 1. The molecule has 1 amide bonds. The van der Waals surface area contributed by atoms with Crippen molar-refractivity contribution in [1.29, 1.82) is 0 Å². The average molecular weight is 358 g/mol. The lowest BCUT2D eigenvalue weighted by Gasteiger charge is -2.34. The van der Waals surface area contributed by atoms with E-state index < -0.39 is 0 Å². The number of nitrogens with two attached hydrogens (primary N) is 1. The van der Waals surface area contributed by atoms with E-state index in [0.717, 1.165) is 55.2 Å². The van der Waals surface area contributed by atoms with E-state index in [-0.39, 0.29) is 5.91 Å². The monoisotopic (exact) mass is 358 g/mol. The molecule has 2 aromatic rings. The minimum absolute atomic E-state index is 0.204. The molecule has 1 aromatic heterocycles. The first-order chi connectivity index (χ1) is 12.2. The fourth-order valence-electron chi connectivity index (χ4n) is 3.42. The average Bonchev–Trinajstić information content (AvgIpc) is 3.09. The molecule has 0 unspecified atom stereocenters. The van der Waals surface area contributed by atoms with Gasteiger partial charge in [0.2, 0.25) is 5.91 Å². The Bertz CT molecular complexity index is 770. The lowest BCUT2D eigenvalue weighted by atomic mass is 10.1. The number of anilines is 2. The Morgan fingerprint density at radius 3 is 2.84 bits per heavy atom. The number of amides is 1. The van der Waals surface area contributed by atoms with Crippen molar-refractivity contribution >= 4 is 28.1 Å². The van der Waals surface area contributed by atoms with Gasteiger partial charge in [-0.05, 0) is 37.5 Å². The zero-order valence-corrected chi connectivity index (χ0v) is 14.9. The SMILES string of the molecule is Nc1nc(-c2ccc3c(c2)N(CC(=O)N2CCCCC2)CCO3)cs1. The molecule has 0 radical (unpaired) electrons. The summed E-state index contributed by atoms with van der Waals surface area (Å²) in [5.41, 5.74) is 8.56. The molecule has 0 bridgehead atoms. The van der Waals surface area contributed by atoms with Crippen molar-refractivity contribution in [2.45, 2.75) is 19.3 Å². The number of benzene rings is 1. The van der Waals surface area contributed by atoms with Crippen LogP contribution in [0.3, 0.4) is 0 Å². The zero-order chi connectivity index (χ0) is 17.2. The Labute approximate surface area is 151 Å². The largest absolute Gasteiger partial charge is 0.490 e. The van der Waals surface area contributed by atoms with Crippen LogP contribution >= 0.6 is 11.3 Å². The van der Waals surface area contributed by atoms with E-state index in [9.17, 15) is 4.79 Å². The summed E-state index contributed by atoms with van der Waals surface area (Å²) in [6.07, 6.45) is 3.45. The van der Waals surface area contributed by atoms with E-state index in [1.165, 1.54) is 17.8 Å². The van der Waals surface area contributed by atoms with Gasteiger partial charge in [-0.3, -0.25) is 4.79 Å². The normalized spacial score (nSPS) is 17.1. The number of hydrogen-bond donors (Lipinski definition) is 1. The summed E-state index contributed by atoms with van der Waals surface area (Å²) in [7, 11) is 0. The van der Waals surface area contributed by atoms with Crippen molar-refractivity contribution in [1.82, 2.24) is 9.88 Å². The topological polar surface area (TPSA) is 71.7 Å². The van der Waals surface area contributed by atoms with E-state index in [0.29, 0.717) is 18.3 Å². The molecule has 6 nitrogen and oxygen atoms in total. The van der Waals surface area contributed by atoms with E-state index in [4.69, 9.17) is 10.5 Å². The molecular formula is C18H22N4O2S. The number of carbonyl (C=O) groups is 1. The fraction of sp³-hybridized carbons (Fsp3) is 0.444. The van der Waals surface area contributed by atoms with Gasteiger partial charge >= 0.3 is 0 Å². The fourth-order valence-corrected chi connectivity index (χ4v) is 4.00. The van der Waals surface area contributed by atoms with Crippen molar-refractivity contribution in [3.63, 3.8) is 0 Å². The maximum atomic E-state index is 12.7. The first-order valence-electron chi connectivity index (χ1n) is 8.72. The van der Waals surface area contributed by atoms with Gasteiger partial charge in [-0.15, -0.1) is 11.3 Å². The summed E-state index contributed by atoms with van der Waals surface area (Å²) in [5, 5.41) is 2.50. The summed E-state index contributed by atoms with van der Waals surface area (Å²) in [4.78, 5) is 21.1. The zero-order valence-electron chi connectivity index (χ0n) is 14.1. The molecule has 0 atom stereocenters. The van der Waals surface area contributed by atoms with Gasteiger partial charge in [0.05, 0.1) is 24.5 Å². The summed E-state index contributed by atoms with van der Waals surface area (Å²) < 4.78 is 5.77. The van der Waals surface area contributed by atoms with E-state index in [1.54, 1.807) is 0 Å². The number of aromatic nitrogens is 1. The highest BCUT2D eigenvalue weighted by Gasteiger charge is 2.24. The summed E-state index contributed by atoms with van der Waals surface area (Å²) in [6, 6.07) is 5.99. The molecule has 4 rings (SSSR count). The highest BCUT2D eigenvalue weighted by atomic mass is 32.1. The molecule has 1 saturated heterocycles. The molecule has 0 saturated carbocycles. The Morgan fingerprint density at radius 2 is 2.08 bits per heavy atom. The van der Waals surface area contributed by atoms with E-state index >= 15 is 0 Å². The molecule has 2 N–H and O–H groups in total. The van der Waals surface area contributed by atoms with E-state index in [1.807, 2.05) is 28.5 Å². The minimum Gasteiger partial charge on any atom is -0.490 e. The molecule has 0 aliphatic carbocycles. The predicted molar refractivity (Wildman–Crippen MR) is 100 cm³/mol. The number of carbonyl (C=O) groups excluding carboxylic acids is 1. The number of nitrogen functional groups attached to an aromatic ring is 1. The summed E-state index contributed by atoms with van der Waals surface area (Å²) in [5.74, 6) is 1.03. The van der Waals surface area contributed by atoms with Crippen LogP contribution in [0.5, 0.6) is 5.75 Å².